The first kappa shape index (κ1) is 16.1. The van der Waals surface area contributed by atoms with Crippen molar-refractivity contribution in [2.75, 3.05) is 25.2 Å². The van der Waals surface area contributed by atoms with E-state index in [2.05, 4.69) is 22.0 Å². The third kappa shape index (κ3) is 3.76. The molecule has 0 saturated heterocycles. The molecule has 0 bridgehead atoms. The number of hydrogen-bond acceptors (Lipinski definition) is 5. The lowest BCUT2D eigenvalue weighted by Crippen LogP contribution is -2.32. The first-order chi connectivity index (χ1) is 11.7. The molecular formula is C18H20FN3O2. The molecule has 0 aromatic heterocycles. The average molecular weight is 329 g/mol. The van der Waals surface area contributed by atoms with Gasteiger partial charge >= 0.3 is 0 Å². The molecule has 0 aliphatic carbocycles. The number of anilines is 1. The Morgan fingerprint density at radius 2 is 2.08 bits per heavy atom. The zero-order chi connectivity index (χ0) is 16.9. The first-order valence-corrected chi connectivity index (χ1v) is 7.74. The summed E-state index contributed by atoms with van der Waals surface area (Å²) in [4.78, 5) is 6.40. The lowest BCUT2D eigenvalue weighted by molar-refractivity contribution is 0.313. The van der Waals surface area contributed by atoms with Gasteiger partial charge in [-0.3, -0.25) is 0 Å². The summed E-state index contributed by atoms with van der Waals surface area (Å²) in [5.41, 5.74) is 7.61. The highest BCUT2D eigenvalue weighted by atomic mass is 19.1. The van der Waals surface area contributed by atoms with E-state index < -0.39 is 0 Å². The van der Waals surface area contributed by atoms with Gasteiger partial charge in [-0.15, -0.1) is 0 Å². The highest BCUT2D eigenvalue weighted by molar-refractivity contribution is 5.73. The summed E-state index contributed by atoms with van der Waals surface area (Å²) in [6.45, 7) is 1.74. The first-order valence-electron chi connectivity index (χ1n) is 7.74. The lowest BCUT2D eigenvalue weighted by atomic mass is 10.1. The van der Waals surface area contributed by atoms with Crippen LogP contribution in [-0.4, -0.2) is 32.3 Å². The molecule has 2 N–H and O–H groups in total. The van der Waals surface area contributed by atoms with Gasteiger partial charge in [0.2, 0.25) is 0 Å². The minimum atomic E-state index is -0.382. The van der Waals surface area contributed by atoms with Gasteiger partial charge < -0.3 is 20.1 Å². The van der Waals surface area contributed by atoms with Gasteiger partial charge in [0.25, 0.3) is 6.02 Å². The number of benzene rings is 2. The number of amidine groups is 1. The van der Waals surface area contributed by atoms with Crippen molar-refractivity contribution in [3.8, 4) is 5.75 Å². The largest absolute Gasteiger partial charge is 0.494 e. The lowest BCUT2D eigenvalue weighted by Gasteiger charge is -2.27. The molecule has 1 aliphatic heterocycles. The summed E-state index contributed by atoms with van der Waals surface area (Å²) in [7, 11) is 1.46. The third-order valence-electron chi connectivity index (χ3n) is 3.88. The molecule has 3 rings (SSSR count). The van der Waals surface area contributed by atoms with Crippen LogP contribution in [0.1, 0.15) is 5.56 Å². The molecule has 1 aliphatic rings. The van der Waals surface area contributed by atoms with E-state index >= 15 is 0 Å². The Morgan fingerprint density at radius 3 is 2.75 bits per heavy atom. The summed E-state index contributed by atoms with van der Waals surface area (Å²) in [6, 6.07) is 15.1. The molecule has 1 atom stereocenters. The van der Waals surface area contributed by atoms with Crippen LogP contribution in [0.25, 0.3) is 0 Å². The summed E-state index contributed by atoms with van der Waals surface area (Å²) in [5, 5.41) is 0. The molecule has 2 aromatic rings. The van der Waals surface area contributed by atoms with E-state index in [4.69, 9.17) is 15.2 Å². The van der Waals surface area contributed by atoms with Gasteiger partial charge in [0.15, 0.2) is 11.6 Å². The number of hydrogen-bond donors (Lipinski definition) is 1. The standard InChI is InChI=1S/C18H20FN3O2/c1-23-17-9-15(7-8-16(17)19)22(10-13-5-3-2-4-6-13)11-14-12-24-18(20)21-14/h2-9,14H,10-12H2,1H3,(H2,20,21). The molecule has 0 amide bonds. The van der Waals surface area contributed by atoms with Crippen LogP contribution in [0.2, 0.25) is 0 Å². The fraction of sp³-hybridized carbons (Fsp3) is 0.278. The smallest absolute Gasteiger partial charge is 0.282 e. The third-order valence-corrected chi connectivity index (χ3v) is 3.88. The zero-order valence-corrected chi connectivity index (χ0v) is 13.5. The maximum Gasteiger partial charge on any atom is 0.282 e. The van der Waals surface area contributed by atoms with E-state index in [-0.39, 0.29) is 23.6 Å². The van der Waals surface area contributed by atoms with Crippen LogP contribution < -0.4 is 15.4 Å². The Labute approximate surface area is 140 Å². The fourth-order valence-electron chi connectivity index (χ4n) is 2.69. The average Bonchev–Trinajstić information content (AvgIpc) is 3.01. The van der Waals surface area contributed by atoms with Crippen LogP contribution in [0.3, 0.4) is 0 Å². The second kappa shape index (κ2) is 7.21. The minimum absolute atomic E-state index is 0.0511. The van der Waals surface area contributed by atoms with Crippen LogP contribution in [0.15, 0.2) is 53.5 Å². The number of methoxy groups -OCH3 is 1. The van der Waals surface area contributed by atoms with Gasteiger partial charge in [-0.25, -0.2) is 9.38 Å². The van der Waals surface area contributed by atoms with Crippen molar-refractivity contribution in [1.29, 1.82) is 0 Å². The fourth-order valence-corrected chi connectivity index (χ4v) is 2.69. The Kier molecular flexibility index (Phi) is 4.84. The van der Waals surface area contributed by atoms with Crippen molar-refractivity contribution in [3.05, 3.63) is 59.9 Å². The number of aliphatic imine (C=N–C) groups is 1. The Balaban J connectivity index is 1.86. The van der Waals surface area contributed by atoms with E-state index in [1.54, 1.807) is 12.1 Å². The van der Waals surface area contributed by atoms with Crippen LogP contribution in [-0.2, 0) is 11.3 Å². The van der Waals surface area contributed by atoms with Gasteiger partial charge in [0, 0.05) is 24.8 Å². The number of rotatable bonds is 6. The van der Waals surface area contributed by atoms with Crippen molar-refractivity contribution in [2.24, 2.45) is 10.7 Å². The highest BCUT2D eigenvalue weighted by Gasteiger charge is 2.21. The van der Waals surface area contributed by atoms with Crippen LogP contribution >= 0.6 is 0 Å². The van der Waals surface area contributed by atoms with Crippen molar-refractivity contribution < 1.29 is 13.9 Å². The van der Waals surface area contributed by atoms with Crippen LogP contribution in [0.5, 0.6) is 5.75 Å². The molecule has 2 aromatic carbocycles. The number of halogens is 1. The minimum Gasteiger partial charge on any atom is -0.494 e. The summed E-state index contributed by atoms with van der Waals surface area (Å²) in [6.07, 6.45) is 0. The van der Waals surface area contributed by atoms with Crippen molar-refractivity contribution in [1.82, 2.24) is 0 Å². The Hall–Kier alpha value is -2.76. The van der Waals surface area contributed by atoms with Gasteiger partial charge in [-0.1, -0.05) is 30.3 Å². The maximum atomic E-state index is 13.7. The quantitative estimate of drug-likeness (QED) is 0.885. The molecule has 1 heterocycles. The summed E-state index contributed by atoms with van der Waals surface area (Å²) >= 11 is 0. The van der Waals surface area contributed by atoms with Crippen molar-refractivity contribution >= 4 is 11.7 Å². The molecule has 0 spiro atoms. The van der Waals surface area contributed by atoms with Crippen molar-refractivity contribution in [2.45, 2.75) is 12.6 Å². The normalized spacial score (nSPS) is 16.4. The molecule has 5 nitrogen and oxygen atoms in total. The van der Waals surface area contributed by atoms with Gasteiger partial charge in [0.05, 0.1) is 7.11 Å². The van der Waals surface area contributed by atoms with Gasteiger partial charge in [-0.2, -0.15) is 0 Å². The van der Waals surface area contributed by atoms with E-state index in [0.717, 1.165) is 11.3 Å². The Bertz CT molecular complexity index is 721. The predicted octanol–water partition coefficient (Wildman–Crippen LogP) is 2.55. The van der Waals surface area contributed by atoms with E-state index in [1.165, 1.54) is 13.2 Å². The van der Waals surface area contributed by atoms with Gasteiger partial charge in [-0.05, 0) is 17.7 Å². The molecule has 6 heteroatoms. The second-order valence-corrected chi connectivity index (χ2v) is 5.62. The summed E-state index contributed by atoms with van der Waals surface area (Å²) in [5.74, 6) is -0.163. The highest BCUT2D eigenvalue weighted by Crippen LogP contribution is 2.26. The molecule has 1 unspecified atom stereocenters. The molecule has 24 heavy (non-hydrogen) atoms. The zero-order valence-electron chi connectivity index (χ0n) is 13.5. The molecular weight excluding hydrogens is 309 g/mol. The van der Waals surface area contributed by atoms with Crippen molar-refractivity contribution in [3.63, 3.8) is 0 Å². The van der Waals surface area contributed by atoms with Gasteiger partial charge in [0.1, 0.15) is 12.6 Å². The Morgan fingerprint density at radius 1 is 1.29 bits per heavy atom. The SMILES string of the molecule is COc1cc(N(Cc2ccccc2)CC2COC(N)=N2)ccc1F. The molecule has 126 valence electrons. The number of nitrogens with zero attached hydrogens (tertiary/aromatic N) is 2. The monoisotopic (exact) mass is 329 g/mol. The second-order valence-electron chi connectivity index (χ2n) is 5.62. The topological polar surface area (TPSA) is 60.1 Å². The van der Waals surface area contributed by atoms with Crippen LogP contribution in [0.4, 0.5) is 10.1 Å². The summed E-state index contributed by atoms with van der Waals surface area (Å²) < 4.78 is 24.0. The van der Waals surface area contributed by atoms with E-state index in [1.807, 2.05) is 18.2 Å². The molecule has 0 fully saturated rings. The molecule has 0 radical (unpaired) electrons. The van der Waals surface area contributed by atoms with Crippen LogP contribution in [0, 0.1) is 5.82 Å². The van der Waals surface area contributed by atoms with E-state index in [9.17, 15) is 4.39 Å². The maximum absolute atomic E-state index is 13.7. The number of ether oxygens (including phenoxy) is 2. The number of nitrogens with two attached hydrogens (primary N) is 1. The molecule has 0 saturated carbocycles. The predicted molar refractivity (Wildman–Crippen MR) is 91.8 cm³/mol. The van der Waals surface area contributed by atoms with E-state index in [0.29, 0.717) is 19.7 Å².